The van der Waals surface area contributed by atoms with Crippen LogP contribution in [0.3, 0.4) is 0 Å². The van der Waals surface area contributed by atoms with Gasteiger partial charge >= 0.3 is 0 Å². The summed E-state index contributed by atoms with van der Waals surface area (Å²) in [6.07, 6.45) is 0. The van der Waals surface area contributed by atoms with E-state index in [4.69, 9.17) is 17.3 Å². The largest absolute Gasteiger partial charge is 0.397 e. The van der Waals surface area contributed by atoms with Gasteiger partial charge in [-0.2, -0.15) is 0 Å². The molecule has 3 N–H and O–H groups in total. The van der Waals surface area contributed by atoms with E-state index in [1.165, 1.54) is 18.2 Å². The Balaban J connectivity index is 2.28. The molecular weight excluding hydrogens is 267 g/mol. The van der Waals surface area contributed by atoms with Crippen LogP contribution in [0.2, 0.25) is 5.02 Å². The Hall–Kier alpha value is -2.07. The fourth-order valence-electron chi connectivity index (χ4n) is 1.66. The lowest BCUT2D eigenvalue weighted by atomic mass is 10.1. The minimum Gasteiger partial charge on any atom is -0.397 e. The van der Waals surface area contributed by atoms with Crippen molar-refractivity contribution in [1.29, 1.82) is 0 Å². The van der Waals surface area contributed by atoms with Gasteiger partial charge in [0, 0.05) is 0 Å². The molecule has 0 heterocycles. The first kappa shape index (κ1) is 13.4. The first-order valence-corrected chi connectivity index (χ1v) is 5.98. The van der Waals surface area contributed by atoms with E-state index in [9.17, 15) is 9.18 Å². The summed E-state index contributed by atoms with van der Waals surface area (Å²) in [6.45, 7) is 1.89. The molecule has 2 aromatic carbocycles. The molecule has 3 nitrogen and oxygen atoms in total. The molecule has 0 saturated carbocycles. The monoisotopic (exact) mass is 278 g/mol. The van der Waals surface area contributed by atoms with E-state index in [0.717, 1.165) is 5.56 Å². The fraction of sp³-hybridized carbons (Fsp3) is 0.0714. The van der Waals surface area contributed by atoms with Crippen LogP contribution in [0.15, 0.2) is 36.4 Å². The van der Waals surface area contributed by atoms with E-state index in [-0.39, 0.29) is 10.6 Å². The van der Waals surface area contributed by atoms with Gasteiger partial charge in [0.25, 0.3) is 5.91 Å². The van der Waals surface area contributed by atoms with Gasteiger partial charge in [-0.05, 0) is 36.8 Å². The zero-order valence-corrected chi connectivity index (χ0v) is 11.0. The summed E-state index contributed by atoms with van der Waals surface area (Å²) in [7, 11) is 0. The number of carbonyl (C=O) groups excluding carboxylic acids is 1. The van der Waals surface area contributed by atoms with Crippen molar-refractivity contribution >= 4 is 28.9 Å². The minimum absolute atomic E-state index is 0.0930. The lowest BCUT2D eigenvalue weighted by Gasteiger charge is -2.09. The molecule has 1 amide bonds. The number of anilines is 2. The summed E-state index contributed by atoms with van der Waals surface area (Å²) in [5, 5.41) is 2.47. The summed E-state index contributed by atoms with van der Waals surface area (Å²) in [5.74, 6) is -1.33. The number of aryl methyl sites for hydroxylation is 1. The van der Waals surface area contributed by atoms with Gasteiger partial charge in [-0.25, -0.2) is 4.39 Å². The second kappa shape index (κ2) is 5.28. The number of nitrogen functional groups attached to an aromatic ring is 1. The molecular formula is C14H12ClFN2O. The van der Waals surface area contributed by atoms with Gasteiger partial charge < -0.3 is 11.1 Å². The molecule has 0 bridgehead atoms. The molecule has 0 radical (unpaired) electrons. The van der Waals surface area contributed by atoms with E-state index < -0.39 is 11.7 Å². The Labute approximate surface area is 115 Å². The molecule has 0 aliphatic carbocycles. The molecule has 0 atom stereocenters. The van der Waals surface area contributed by atoms with E-state index in [2.05, 4.69) is 5.32 Å². The predicted molar refractivity (Wildman–Crippen MR) is 75.0 cm³/mol. The SMILES string of the molecule is Cc1ccc(NC(=O)c2cccc(Cl)c2F)c(N)c1. The number of hydrogen-bond acceptors (Lipinski definition) is 2. The summed E-state index contributed by atoms with van der Waals surface area (Å²) >= 11 is 5.63. The van der Waals surface area contributed by atoms with E-state index in [0.29, 0.717) is 11.4 Å². The third-order valence-electron chi connectivity index (χ3n) is 2.65. The van der Waals surface area contributed by atoms with Crippen molar-refractivity contribution in [3.05, 3.63) is 58.4 Å². The van der Waals surface area contributed by atoms with Crippen LogP contribution in [0.5, 0.6) is 0 Å². The Bertz CT molecular complexity index is 643. The van der Waals surface area contributed by atoms with Crippen molar-refractivity contribution in [2.24, 2.45) is 0 Å². The molecule has 0 aliphatic heterocycles. The first-order chi connectivity index (χ1) is 8.99. The Morgan fingerprint density at radius 1 is 1.32 bits per heavy atom. The first-order valence-electron chi connectivity index (χ1n) is 5.60. The van der Waals surface area contributed by atoms with Crippen molar-refractivity contribution in [1.82, 2.24) is 0 Å². The number of benzene rings is 2. The quantitative estimate of drug-likeness (QED) is 0.824. The highest BCUT2D eigenvalue weighted by atomic mass is 35.5. The highest BCUT2D eigenvalue weighted by molar-refractivity contribution is 6.31. The summed E-state index contributed by atoms with van der Waals surface area (Å²) < 4.78 is 13.7. The van der Waals surface area contributed by atoms with Gasteiger partial charge in [0.2, 0.25) is 0 Å². The Kier molecular flexibility index (Phi) is 3.71. The number of carbonyl (C=O) groups is 1. The van der Waals surface area contributed by atoms with Crippen molar-refractivity contribution in [2.45, 2.75) is 6.92 Å². The normalized spacial score (nSPS) is 10.3. The van der Waals surface area contributed by atoms with Crippen LogP contribution in [0.25, 0.3) is 0 Å². The third-order valence-corrected chi connectivity index (χ3v) is 2.94. The van der Waals surface area contributed by atoms with E-state index in [1.807, 2.05) is 6.92 Å². The highest BCUT2D eigenvalue weighted by Crippen LogP contribution is 2.22. The molecule has 0 aromatic heterocycles. The molecule has 0 unspecified atom stereocenters. The van der Waals surface area contributed by atoms with Gasteiger partial charge in [-0.1, -0.05) is 23.7 Å². The van der Waals surface area contributed by atoms with Crippen LogP contribution in [0, 0.1) is 12.7 Å². The van der Waals surface area contributed by atoms with Gasteiger partial charge in [0.1, 0.15) is 0 Å². The maximum absolute atomic E-state index is 13.7. The van der Waals surface area contributed by atoms with Crippen LogP contribution in [-0.4, -0.2) is 5.91 Å². The van der Waals surface area contributed by atoms with Gasteiger partial charge in [0.15, 0.2) is 5.82 Å². The maximum Gasteiger partial charge on any atom is 0.258 e. The van der Waals surface area contributed by atoms with Crippen LogP contribution < -0.4 is 11.1 Å². The third kappa shape index (κ3) is 2.85. The van der Waals surface area contributed by atoms with Crippen molar-refractivity contribution < 1.29 is 9.18 Å². The second-order valence-electron chi connectivity index (χ2n) is 4.15. The molecule has 0 spiro atoms. The number of halogens is 2. The fourth-order valence-corrected chi connectivity index (χ4v) is 1.84. The lowest BCUT2D eigenvalue weighted by molar-refractivity contribution is 0.102. The molecule has 5 heteroatoms. The lowest BCUT2D eigenvalue weighted by Crippen LogP contribution is -2.15. The Morgan fingerprint density at radius 2 is 2.05 bits per heavy atom. The van der Waals surface area contributed by atoms with Crippen LogP contribution in [0.1, 0.15) is 15.9 Å². The van der Waals surface area contributed by atoms with Gasteiger partial charge in [-0.15, -0.1) is 0 Å². The second-order valence-corrected chi connectivity index (χ2v) is 4.55. The van der Waals surface area contributed by atoms with Crippen LogP contribution in [0.4, 0.5) is 15.8 Å². The predicted octanol–water partition coefficient (Wildman–Crippen LogP) is 3.62. The summed E-state index contributed by atoms with van der Waals surface area (Å²) in [5.41, 5.74) is 7.51. The Morgan fingerprint density at radius 3 is 2.74 bits per heavy atom. The number of rotatable bonds is 2. The van der Waals surface area contributed by atoms with Crippen molar-refractivity contribution in [3.63, 3.8) is 0 Å². The van der Waals surface area contributed by atoms with Crippen LogP contribution in [-0.2, 0) is 0 Å². The molecule has 2 rings (SSSR count). The molecule has 98 valence electrons. The van der Waals surface area contributed by atoms with E-state index >= 15 is 0 Å². The number of hydrogen-bond donors (Lipinski definition) is 2. The zero-order chi connectivity index (χ0) is 14.0. The number of nitrogens with two attached hydrogens (primary N) is 1. The van der Waals surface area contributed by atoms with Crippen LogP contribution >= 0.6 is 11.6 Å². The molecule has 19 heavy (non-hydrogen) atoms. The molecule has 0 fully saturated rings. The zero-order valence-electron chi connectivity index (χ0n) is 10.2. The summed E-state index contributed by atoms with van der Waals surface area (Å²) in [6, 6.07) is 9.46. The summed E-state index contributed by atoms with van der Waals surface area (Å²) in [4.78, 5) is 12.0. The number of amides is 1. The van der Waals surface area contributed by atoms with Gasteiger partial charge in [-0.3, -0.25) is 4.79 Å². The standard InChI is InChI=1S/C14H12ClFN2O/c1-8-5-6-12(11(17)7-8)18-14(19)9-3-2-4-10(15)13(9)16/h2-7H,17H2,1H3,(H,18,19). The average Bonchev–Trinajstić information content (AvgIpc) is 2.36. The van der Waals surface area contributed by atoms with Crippen molar-refractivity contribution in [2.75, 3.05) is 11.1 Å². The minimum atomic E-state index is -0.743. The van der Waals surface area contributed by atoms with Gasteiger partial charge in [0.05, 0.1) is 22.0 Å². The molecule has 2 aromatic rings. The average molecular weight is 279 g/mol. The van der Waals surface area contributed by atoms with Crippen molar-refractivity contribution in [3.8, 4) is 0 Å². The molecule has 0 saturated heterocycles. The topological polar surface area (TPSA) is 55.1 Å². The smallest absolute Gasteiger partial charge is 0.258 e. The highest BCUT2D eigenvalue weighted by Gasteiger charge is 2.15. The van der Waals surface area contributed by atoms with E-state index in [1.54, 1.807) is 18.2 Å². The maximum atomic E-state index is 13.7. The molecule has 0 aliphatic rings. The number of nitrogens with one attached hydrogen (secondary N) is 1.